The molecule has 3 aromatic carbocycles. The molecule has 0 aromatic heterocycles. The van der Waals surface area contributed by atoms with E-state index in [9.17, 15) is 0 Å². The molecule has 1 heterocycles. The third-order valence-electron chi connectivity index (χ3n) is 6.71. The molecule has 1 unspecified atom stereocenters. The van der Waals surface area contributed by atoms with Crippen LogP contribution in [-0.4, -0.2) is 23.9 Å². The molecule has 0 bridgehead atoms. The van der Waals surface area contributed by atoms with Gasteiger partial charge in [-0.05, 0) is 18.2 Å². The molecule has 3 nitrogen and oxygen atoms in total. The van der Waals surface area contributed by atoms with Gasteiger partial charge in [0.2, 0.25) is 0 Å². The Kier molecular flexibility index (Phi) is 5.97. The Morgan fingerprint density at radius 1 is 0.844 bits per heavy atom. The summed E-state index contributed by atoms with van der Waals surface area (Å²) in [6.07, 6.45) is 8.62. The van der Waals surface area contributed by atoms with Crippen LogP contribution in [0.25, 0.3) is 0 Å². The van der Waals surface area contributed by atoms with Crippen LogP contribution in [0.4, 0.5) is 0 Å². The van der Waals surface area contributed by atoms with Gasteiger partial charge < -0.3 is 9.88 Å². The number of benzene rings is 3. The maximum absolute atomic E-state index is 15.4. The first-order valence-corrected chi connectivity index (χ1v) is 13.0. The number of nitrogens with zero attached hydrogens (tertiary/aromatic N) is 1. The Bertz CT molecular complexity index is 1140. The third kappa shape index (κ3) is 3.51. The molecule has 4 heteroatoms. The first kappa shape index (κ1) is 21.2. The Hall–Kier alpha value is -2.71. The molecule has 1 aliphatic carbocycles. The summed E-state index contributed by atoms with van der Waals surface area (Å²) >= 11 is 0. The maximum atomic E-state index is 15.4. The van der Waals surface area contributed by atoms with Gasteiger partial charge >= 0.3 is 0 Å². The van der Waals surface area contributed by atoms with Crippen LogP contribution < -0.4 is 10.6 Å². The highest BCUT2D eigenvalue weighted by atomic mass is 31.2. The van der Waals surface area contributed by atoms with Crippen molar-refractivity contribution in [1.82, 2.24) is 9.99 Å². The summed E-state index contributed by atoms with van der Waals surface area (Å²) < 4.78 is 17.8. The summed E-state index contributed by atoms with van der Waals surface area (Å²) in [4.78, 5) is 0. The monoisotopic (exact) mass is 440 g/mol. The highest BCUT2D eigenvalue weighted by Crippen LogP contribution is 2.71. The average molecular weight is 441 g/mol. The molecule has 1 N–H and O–H groups in total. The lowest BCUT2D eigenvalue weighted by Gasteiger charge is -2.38. The van der Waals surface area contributed by atoms with E-state index in [0.717, 1.165) is 11.8 Å². The van der Waals surface area contributed by atoms with Crippen molar-refractivity contribution in [3.63, 3.8) is 0 Å². The fourth-order valence-corrected chi connectivity index (χ4v) is 9.24. The number of nitrogens with one attached hydrogen (secondary N) is 1. The SMILES string of the molecule is CNCC(c1ccccc1)N1[C@H](c2ccccc2)[C@H]2C=CC=C[C@H]2[P@]1(=O)c1ccccc1. The van der Waals surface area contributed by atoms with Crippen molar-refractivity contribution in [3.05, 3.63) is 126 Å². The normalized spacial score (nSPS) is 27.8. The van der Waals surface area contributed by atoms with Crippen LogP contribution in [0.15, 0.2) is 115 Å². The van der Waals surface area contributed by atoms with Crippen LogP contribution in [-0.2, 0) is 4.57 Å². The van der Waals surface area contributed by atoms with Gasteiger partial charge in [0.1, 0.15) is 0 Å². The smallest absolute Gasteiger partial charge is 0.187 e. The highest BCUT2D eigenvalue weighted by Gasteiger charge is 2.58. The zero-order valence-corrected chi connectivity index (χ0v) is 19.2. The van der Waals surface area contributed by atoms with E-state index in [1.807, 2.05) is 43.4 Å². The van der Waals surface area contributed by atoms with E-state index >= 15 is 4.57 Å². The van der Waals surface area contributed by atoms with Crippen molar-refractivity contribution in [2.24, 2.45) is 5.92 Å². The summed E-state index contributed by atoms with van der Waals surface area (Å²) in [6.45, 7) is 0.719. The minimum Gasteiger partial charge on any atom is -0.318 e. The quantitative estimate of drug-likeness (QED) is 0.498. The van der Waals surface area contributed by atoms with Crippen LogP contribution >= 0.6 is 7.29 Å². The second-order valence-corrected chi connectivity index (χ2v) is 11.3. The molecule has 1 saturated heterocycles. The average Bonchev–Trinajstić information content (AvgIpc) is 3.14. The van der Waals surface area contributed by atoms with E-state index in [1.165, 1.54) is 11.1 Å². The molecule has 1 aliphatic heterocycles. The zero-order valence-electron chi connectivity index (χ0n) is 18.3. The summed E-state index contributed by atoms with van der Waals surface area (Å²) in [5.74, 6) is 0.150. The van der Waals surface area contributed by atoms with Crippen molar-refractivity contribution in [2.75, 3.05) is 13.6 Å². The largest absolute Gasteiger partial charge is 0.318 e. The van der Waals surface area contributed by atoms with E-state index in [1.54, 1.807) is 0 Å². The maximum Gasteiger partial charge on any atom is 0.187 e. The molecule has 2 aliphatic rings. The number of allylic oxidation sites excluding steroid dienone is 3. The van der Waals surface area contributed by atoms with Crippen LogP contribution in [0.1, 0.15) is 23.2 Å². The molecule has 0 spiro atoms. The van der Waals surface area contributed by atoms with Crippen molar-refractivity contribution < 1.29 is 4.57 Å². The van der Waals surface area contributed by atoms with Crippen LogP contribution in [0, 0.1) is 5.92 Å². The zero-order chi connectivity index (χ0) is 22.0. The van der Waals surface area contributed by atoms with Gasteiger partial charge in [-0.2, -0.15) is 0 Å². The first-order valence-electron chi connectivity index (χ1n) is 11.3. The fraction of sp³-hybridized carbons (Fsp3) is 0.214. The lowest BCUT2D eigenvalue weighted by Crippen LogP contribution is -2.35. The van der Waals surface area contributed by atoms with E-state index in [2.05, 4.69) is 88.9 Å². The molecule has 3 aromatic rings. The van der Waals surface area contributed by atoms with Crippen molar-refractivity contribution in [1.29, 1.82) is 0 Å². The van der Waals surface area contributed by atoms with Gasteiger partial charge in [-0.25, -0.2) is 4.67 Å². The topological polar surface area (TPSA) is 32.3 Å². The minimum atomic E-state index is -2.98. The number of hydrogen-bond acceptors (Lipinski definition) is 2. The van der Waals surface area contributed by atoms with E-state index in [4.69, 9.17) is 0 Å². The van der Waals surface area contributed by atoms with Gasteiger partial charge in [-0.15, -0.1) is 0 Å². The van der Waals surface area contributed by atoms with E-state index in [0.29, 0.717) is 0 Å². The second-order valence-electron chi connectivity index (χ2n) is 8.52. The molecule has 0 saturated carbocycles. The Morgan fingerprint density at radius 2 is 1.44 bits per heavy atom. The number of hydrogen-bond donors (Lipinski definition) is 1. The Morgan fingerprint density at radius 3 is 2.09 bits per heavy atom. The van der Waals surface area contributed by atoms with E-state index in [-0.39, 0.29) is 23.7 Å². The predicted molar refractivity (Wildman–Crippen MR) is 133 cm³/mol. The summed E-state index contributed by atoms with van der Waals surface area (Å²) in [7, 11) is -1.01. The second kappa shape index (κ2) is 9.03. The molecule has 0 radical (unpaired) electrons. The van der Waals surface area contributed by atoms with Gasteiger partial charge in [0.05, 0.1) is 11.7 Å². The molecule has 0 amide bonds. The number of likely N-dealkylation sites (N-methyl/N-ethyl adjacent to an activating group) is 1. The molecule has 5 rings (SSSR count). The lowest BCUT2D eigenvalue weighted by molar-refractivity contribution is 0.242. The van der Waals surface area contributed by atoms with Gasteiger partial charge in [0.15, 0.2) is 7.29 Å². The summed E-state index contributed by atoms with van der Waals surface area (Å²) in [6, 6.07) is 31.2. The predicted octanol–water partition coefficient (Wildman–Crippen LogP) is 5.72. The fourth-order valence-electron chi connectivity index (χ4n) is 5.38. The van der Waals surface area contributed by atoms with Crippen LogP contribution in [0.2, 0.25) is 0 Å². The summed E-state index contributed by atoms with van der Waals surface area (Å²) in [5, 5.41) is 4.32. The molecule has 162 valence electrons. The van der Waals surface area contributed by atoms with Crippen molar-refractivity contribution >= 4 is 12.6 Å². The Labute approximate surface area is 190 Å². The number of fused-ring (bicyclic) bond motifs is 1. The first-order chi connectivity index (χ1) is 15.7. The molecular weight excluding hydrogens is 411 g/mol. The van der Waals surface area contributed by atoms with Crippen molar-refractivity contribution in [3.8, 4) is 0 Å². The molecular formula is C28H29N2OP. The molecule has 32 heavy (non-hydrogen) atoms. The third-order valence-corrected chi connectivity index (χ3v) is 10.3. The van der Waals surface area contributed by atoms with Gasteiger partial charge in [-0.3, -0.25) is 0 Å². The number of rotatable bonds is 6. The van der Waals surface area contributed by atoms with Gasteiger partial charge in [0, 0.05) is 23.8 Å². The van der Waals surface area contributed by atoms with Gasteiger partial charge in [-0.1, -0.05) is 115 Å². The lowest BCUT2D eigenvalue weighted by atomic mass is 9.86. The van der Waals surface area contributed by atoms with E-state index < -0.39 is 7.29 Å². The standard InChI is InChI=1S/C28H29N2OP/c1-29-21-26(22-13-5-2-6-14-22)30-28(23-15-7-3-8-16-23)25-19-11-12-20-27(25)32(30,31)24-17-9-4-10-18-24/h2-20,25-29H,21H2,1H3/t25-,26?,27+,28+,32+/m0/s1. The van der Waals surface area contributed by atoms with Gasteiger partial charge in [0.25, 0.3) is 0 Å². The Balaban J connectivity index is 1.77. The summed E-state index contributed by atoms with van der Waals surface area (Å²) in [5.41, 5.74) is 2.35. The molecule has 1 fully saturated rings. The molecule has 5 atom stereocenters. The van der Waals surface area contributed by atoms with Crippen LogP contribution in [0.5, 0.6) is 0 Å². The van der Waals surface area contributed by atoms with Crippen molar-refractivity contribution in [2.45, 2.75) is 17.7 Å². The minimum absolute atomic E-state index is 0.0204. The highest BCUT2D eigenvalue weighted by molar-refractivity contribution is 7.70. The van der Waals surface area contributed by atoms with Crippen LogP contribution in [0.3, 0.4) is 0 Å².